The van der Waals surface area contributed by atoms with Gasteiger partial charge in [0.25, 0.3) is 0 Å². The van der Waals surface area contributed by atoms with Crippen molar-refractivity contribution >= 4 is 26.6 Å². The van der Waals surface area contributed by atoms with Gasteiger partial charge in [-0.2, -0.15) is 27.1 Å². The fourth-order valence-corrected chi connectivity index (χ4v) is 5.05. The van der Waals surface area contributed by atoms with Crippen LogP contribution in [0.25, 0.3) is 10.9 Å². The van der Waals surface area contributed by atoms with Gasteiger partial charge in [-0.05, 0) is 29.8 Å². The van der Waals surface area contributed by atoms with Crippen molar-refractivity contribution < 1.29 is 39.9 Å². The lowest BCUT2D eigenvalue weighted by Gasteiger charge is -2.27. The molecule has 36 heavy (non-hydrogen) atoms. The summed E-state index contributed by atoms with van der Waals surface area (Å²) >= 11 is 0. The number of methoxy groups -OCH3 is 1. The molecule has 0 aliphatic carbocycles. The number of carbonyl (C=O) groups is 1. The van der Waals surface area contributed by atoms with Crippen molar-refractivity contribution in [1.29, 1.82) is 0 Å². The summed E-state index contributed by atoms with van der Waals surface area (Å²) in [6.07, 6.45) is -1.74. The number of halogens is 5. The summed E-state index contributed by atoms with van der Waals surface area (Å²) in [4.78, 5) is 18.5. The number of rotatable bonds is 7. The molecule has 1 amide bonds. The fourth-order valence-electron chi connectivity index (χ4n) is 3.75. The lowest BCUT2D eigenvalue weighted by Crippen LogP contribution is -2.42. The molecule has 0 bridgehead atoms. The Morgan fingerprint density at radius 1 is 1.19 bits per heavy atom. The van der Waals surface area contributed by atoms with Crippen LogP contribution in [0.1, 0.15) is 11.1 Å². The SMILES string of the molecule is COc1cc(CN(C(=O)Cn2cc3cc(C(F)(F)C(F)(F)F)ccc3n2)[C@@H]2C=CS(=O)(=O)C2)ccn1. The first-order valence-corrected chi connectivity index (χ1v) is 12.1. The van der Waals surface area contributed by atoms with Gasteiger partial charge >= 0.3 is 12.1 Å². The normalized spacial score (nSPS) is 17.4. The molecular weight excluding hydrogens is 511 g/mol. The van der Waals surface area contributed by atoms with Crippen LogP contribution >= 0.6 is 0 Å². The third-order valence-electron chi connectivity index (χ3n) is 5.56. The minimum absolute atomic E-state index is 0.00494. The molecule has 0 saturated carbocycles. The predicted octanol–water partition coefficient (Wildman–Crippen LogP) is 3.43. The molecule has 2 aromatic heterocycles. The lowest BCUT2D eigenvalue weighted by molar-refractivity contribution is -0.289. The van der Waals surface area contributed by atoms with Gasteiger partial charge in [0.15, 0.2) is 9.84 Å². The van der Waals surface area contributed by atoms with Gasteiger partial charge in [-0.3, -0.25) is 9.48 Å². The number of hydrogen-bond acceptors (Lipinski definition) is 6. The van der Waals surface area contributed by atoms with E-state index >= 15 is 0 Å². The molecule has 4 rings (SSSR count). The van der Waals surface area contributed by atoms with E-state index in [1.807, 2.05) is 0 Å². The average Bonchev–Trinajstić information content (AvgIpc) is 3.37. The van der Waals surface area contributed by atoms with Crippen molar-refractivity contribution in [2.75, 3.05) is 12.9 Å². The number of ether oxygens (including phenoxy) is 1. The zero-order valence-electron chi connectivity index (χ0n) is 18.6. The Morgan fingerprint density at radius 3 is 2.58 bits per heavy atom. The van der Waals surface area contributed by atoms with E-state index in [-0.39, 0.29) is 23.2 Å². The molecular formula is C22H19F5N4O4S. The molecule has 1 atom stereocenters. The number of nitrogens with zero attached hydrogens (tertiary/aromatic N) is 4. The van der Waals surface area contributed by atoms with E-state index in [0.717, 1.165) is 16.2 Å². The molecule has 0 saturated heterocycles. The minimum Gasteiger partial charge on any atom is -0.481 e. The molecule has 3 heterocycles. The number of alkyl halides is 5. The monoisotopic (exact) mass is 530 g/mol. The van der Waals surface area contributed by atoms with Crippen molar-refractivity contribution in [3.63, 3.8) is 0 Å². The smallest absolute Gasteiger partial charge is 0.458 e. The van der Waals surface area contributed by atoms with Crippen LogP contribution in [0.5, 0.6) is 5.88 Å². The average molecular weight is 530 g/mol. The zero-order chi connectivity index (χ0) is 26.3. The van der Waals surface area contributed by atoms with Crippen LogP contribution in [0.3, 0.4) is 0 Å². The number of sulfone groups is 1. The second kappa shape index (κ2) is 9.15. The molecule has 0 radical (unpaired) electrons. The molecule has 0 spiro atoms. The molecule has 192 valence electrons. The van der Waals surface area contributed by atoms with Crippen molar-refractivity contribution in [2.24, 2.45) is 0 Å². The summed E-state index contributed by atoms with van der Waals surface area (Å²) < 4.78 is 95.8. The number of fused-ring (bicyclic) bond motifs is 1. The third-order valence-corrected chi connectivity index (χ3v) is 6.94. The van der Waals surface area contributed by atoms with Gasteiger partial charge in [0.05, 0.1) is 24.4 Å². The third kappa shape index (κ3) is 5.17. The van der Waals surface area contributed by atoms with Crippen LogP contribution in [0, 0.1) is 0 Å². The molecule has 0 unspecified atom stereocenters. The highest BCUT2D eigenvalue weighted by Crippen LogP contribution is 2.44. The van der Waals surface area contributed by atoms with Crippen molar-refractivity contribution in [1.82, 2.24) is 19.7 Å². The summed E-state index contributed by atoms with van der Waals surface area (Å²) in [5.41, 5.74) is -0.529. The largest absolute Gasteiger partial charge is 0.481 e. The topological polar surface area (TPSA) is 94.4 Å². The fraction of sp³-hybridized carbons (Fsp3) is 0.318. The molecule has 14 heteroatoms. The molecule has 1 aliphatic rings. The van der Waals surface area contributed by atoms with Gasteiger partial charge in [-0.25, -0.2) is 13.4 Å². The quantitative estimate of drug-likeness (QED) is 0.435. The van der Waals surface area contributed by atoms with E-state index in [1.165, 1.54) is 30.5 Å². The van der Waals surface area contributed by atoms with Crippen molar-refractivity contribution in [3.8, 4) is 5.88 Å². The van der Waals surface area contributed by atoms with Crippen LogP contribution in [0.4, 0.5) is 22.0 Å². The maximum atomic E-state index is 13.7. The van der Waals surface area contributed by atoms with Crippen LogP contribution < -0.4 is 4.74 Å². The van der Waals surface area contributed by atoms with Crippen molar-refractivity contribution in [2.45, 2.75) is 31.2 Å². The molecule has 3 aromatic rings. The highest BCUT2D eigenvalue weighted by molar-refractivity contribution is 7.94. The highest BCUT2D eigenvalue weighted by atomic mass is 32.2. The maximum absolute atomic E-state index is 13.7. The Bertz CT molecular complexity index is 1440. The Kier molecular flexibility index (Phi) is 6.49. The van der Waals surface area contributed by atoms with E-state index in [4.69, 9.17) is 4.74 Å². The summed E-state index contributed by atoms with van der Waals surface area (Å²) in [5.74, 6) is -5.63. The van der Waals surface area contributed by atoms with E-state index in [2.05, 4.69) is 10.1 Å². The predicted molar refractivity (Wildman–Crippen MR) is 118 cm³/mol. The molecule has 1 aliphatic heterocycles. The number of aromatic nitrogens is 3. The van der Waals surface area contributed by atoms with Gasteiger partial charge < -0.3 is 9.64 Å². The van der Waals surface area contributed by atoms with Crippen LogP contribution in [0.15, 0.2) is 54.2 Å². The Hall–Kier alpha value is -3.55. The zero-order valence-corrected chi connectivity index (χ0v) is 19.4. The Morgan fingerprint density at radius 2 is 1.94 bits per heavy atom. The maximum Gasteiger partial charge on any atom is 0.458 e. The van der Waals surface area contributed by atoms with Gasteiger partial charge in [-0.1, -0.05) is 6.07 Å². The highest BCUT2D eigenvalue weighted by Gasteiger charge is 2.58. The first kappa shape index (κ1) is 25.5. The molecule has 1 aromatic carbocycles. The van der Waals surface area contributed by atoms with E-state index in [0.29, 0.717) is 23.6 Å². The first-order valence-electron chi connectivity index (χ1n) is 10.4. The lowest BCUT2D eigenvalue weighted by atomic mass is 10.1. The second-order valence-electron chi connectivity index (χ2n) is 8.13. The summed E-state index contributed by atoms with van der Waals surface area (Å²) in [6, 6.07) is 4.75. The minimum atomic E-state index is -5.77. The van der Waals surface area contributed by atoms with Gasteiger partial charge in [-0.15, -0.1) is 0 Å². The Labute approximate surface area is 201 Å². The van der Waals surface area contributed by atoms with Crippen LogP contribution in [-0.2, 0) is 33.6 Å². The summed E-state index contributed by atoms with van der Waals surface area (Å²) in [6.45, 7) is -0.405. The van der Waals surface area contributed by atoms with Gasteiger partial charge in [0, 0.05) is 41.4 Å². The first-order chi connectivity index (χ1) is 16.8. The van der Waals surface area contributed by atoms with Crippen LogP contribution in [0.2, 0.25) is 0 Å². The van der Waals surface area contributed by atoms with E-state index in [9.17, 15) is 35.2 Å². The van der Waals surface area contributed by atoms with Gasteiger partial charge in [0.2, 0.25) is 11.8 Å². The second-order valence-corrected chi connectivity index (χ2v) is 10.1. The number of benzene rings is 1. The Balaban J connectivity index is 1.60. The molecule has 0 N–H and O–H groups in total. The van der Waals surface area contributed by atoms with E-state index in [1.54, 1.807) is 12.1 Å². The number of hydrogen-bond donors (Lipinski definition) is 0. The standard InChI is InChI=1S/C22H19F5N4O4S/c1-35-19-8-14(4-6-28-19)10-31(17-5-7-36(33,34)13-17)20(32)12-30-11-15-9-16(2-3-18(15)29-30)21(23,24)22(25,26)27/h2-9,11,17H,10,12-13H2,1H3/t17-/m1/s1. The van der Waals surface area contributed by atoms with Crippen LogP contribution in [-0.4, -0.2) is 59.1 Å². The molecule has 0 fully saturated rings. The van der Waals surface area contributed by atoms with Gasteiger partial charge in [0.1, 0.15) is 6.54 Å². The summed E-state index contributed by atoms with van der Waals surface area (Å²) in [5, 5.41) is 5.09. The number of pyridine rings is 1. The number of carbonyl (C=O) groups excluding carboxylic acids is 1. The number of amides is 1. The molecule has 8 nitrogen and oxygen atoms in total. The summed E-state index contributed by atoms with van der Waals surface area (Å²) in [7, 11) is -2.08. The van der Waals surface area contributed by atoms with Crippen molar-refractivity contribution in [3.05, 3.63) is 65.3 Å². The van der Waals surface area contributed by atoms with E-state index < -0.39 is 46.0 Å².